The number of ether oxygens (including phenoxy) is 1. The molecule has 3 nitrogen and oxygen atoms in total. The molecule has 0 radical (unpaired) electrons. The Hall–Kier alpha value is -0.460. The summed E-state index contributed by atoms with van der Waals surface area (Å²) in [7, 11) is 0. The van der Waals surface area contributed by atoms with Gasteiger partial charge in [0.15, 0.2) is 0 Å². The fourth-order valence-corrected chi connectivity index (χ4v) is 3.77. The number of rotatable bonds is 3. The third kappa shape index (κ3) is 5.54. The number of phenolic OH excluding ortho intramolecular Hbond substituents is 1. The fourth-order valence-electron chi connectivity index (χ4n) is 1.88. The highest BCUT2D eigenvalue weighted by molar-refractivity contribution is 14.1. The van der Waals surface area contributed by atoms with E-state index in [0.29, 0.717) is 14.7 Å². The van der Waals surface area contributed by atoms with E-state index in [1.807, 2.05) is 22.6 Å². The second-order valence-corrected chi connectivity index (χ2v) is 6.83. The van der Waals surface area contributed by atoms with E-state index in [1.54, 1.807) is 12.1 Å². The normalized spacial score (nSPS) is 12.4. The highest BCUT2D eigenvalue weighted by Crippen LogP contribution is 2.34. The molecule has 0 fully saturated rings. The molecule has 2 aromatic carbocycles. The number of alkyl halides is 3. The number of aromatic hydroxyl groups is 1. The number of hydrogen-bond donors (Lipinski definition) is 2. The molecule has 0 spiro atoms. The lowest BCUT2D eigenvalue weighted by Gasteiger charge is -2.16. The molecule has 0 aliphatic carbocycles. The zero-order chi connectivity index (χ0) is 16.5. The van der Waals surface area contributed by atoms with E-state index in [1.165, 1.54) is 24.3 Å². The van der Waals surface area contributed by atoms with Crippen LogP contribution in [0.3, 0.4) is 0 Å². The summed E-state index contributed by atoms with van der Waals surface area (Å²) < 4.78 is 41.8. The summed E-state index contributed by atoms with van der Waals surface area (Å²) in [5, 5.41) is 10.1. The molecule has 0 bridgehead atoms. The van der Waals surface area contributed by atoms with Crippen LogP contribution in [-0.2, 0) is 0 Å². The van der Waals surface area contributed by atoms with Crippen molar-refractivity contribution in [2.45, 2.75) is 12.4 Å². The molecule has 0 aliphatic rings. The van der Waals surface area contributed by atoms with Gasteiger partial charge >= 0.3 is 6.36 Å². The second kappa shape index (κ2) is 8.08. The average molecular weight is 572 g/mol. The summed E-state index contributed by atoms with van der Waals surface area (Å²) in [5.41, 5.74) is 7.19. The Kier molecular flexibility index (Phi) is 7.23. The van der Waals surface area contributed by atoms with E-state index in [9.17, 15) is 18.3 Å². The van der Waals surface area contributed by atoms with Crippen LogP contribution in [0.1, 0.15) is 17.2 Å². The number of hydrogen-bond acceptors (Lipinski definition) is 3. The van der Waals surface area contributed by atoms with Gasteiger partial charge in [-0.05, 0) is 75.0 Å². The van der Waals surface area contributed by atoms with E-state index in [0.717, 1.165) is 3.57 Å². The fraction of sp³-hybridized carbons (Fsp3) is 0.143. The molecule has 3 N–H and O–H groups in total. The minimum atomic E-state index is -4.73. The summed E-state index contributed by atoms with van der Waals surface area (Å²) >= 11 is 4.10. The van der Waals surface area contributed by atoms with E-state index in [2.05, 4.69) is 27.3 Å². The van der Waals surface area contributed by atoms with Gasteiger partial charge in [0.2, 0.25) is 0 Å². The molecule has 0 saturated heterocycles. The molecule has 126 valence electrons. The van der Waals surface area contributed by atoms with Gasteiger partial charge in [-0.1, -0.05) is 12.1 Å². The number of phenols is 1. The standard InChI is InChI=1S/C14H10F3I2NO2.ClH/c15-14(16,17)22-9-3-1-7(2-4-9)12(20)10-5-8(18)6-11(19)13(10)21;/h1-6,12,21H,20H2;1H/t12-;/m0./s1. The number of nitrogens with two attached hydrogens (primary N) is 1. The van der Waals surface area contributed by atoms with Crippen molar-refractivity contribution in [2.24, 2.45) is 5.73 Å². The summed E-state index contributed by atoms with van der Waals surface area (Å²) in [6, 6.07) is 8.16. The highest BCUT2D eigenvalue weighted by atomic mass is 127. The predicted octanol–water partition coefficient (Wildman–Crippen LogP) is 4.97. The van der Waals surface area contributed by atoms with Crippen molar-refractivity contribution in [3.05, 3.63) is 54.7 Å². The molecule has 23 heavy (non-hydrogen) atoms. The van der Waals surface area contributed by atoms with Gasteiger partial charge in [0, 0.05) is 9.13 Å². The number of halogens is 6. The van der Waals surface area contributed by atoms with Crippen molar-refractivity contribution in [3.63, 3.8) is 0 Å². The Balaban J connectivity index is 0.00000264. The van der Waals surface area contributed by atoms with E-state index >= 15 is 0 Å². The summed E-state index contributed by atoms with van der Waals surface area (Å²) in [6.45, 7) is 0. The Labute approximate surface area is 164 Å². The first-order valence-electron chi connectivity index (χ1n) is 5.96. The first-order chi connectivity index (χ1) is 10.2. The molecular weight excluding hydrogens is 560 g/mol. The van der Waals surface area contributed by atoms with Crippen molar-refractivity contribution in [3.8, 4) is 11.5 Å². The molecule has 0 amide bonds. The van der Waals surface area contributed by atoms with Gasteiger partial charge in [0.25, 0.3) is 0 Å². The van der Waals surface area contributed by atoms with Gasteiger partial charge in [0.05, 0.1) is 9.61 Å². The molecule has 0 aliphatic heterocycles. The maximum atomic E-state index is 12.1. The van der Waals surface area contributed by atoms with Crippen LogP contribution in [0, 0.1) is 7.14 Å². The molecule has 0 aromatic heterocycles. The zero-order valence-corrected chi connectivity index (χ0v) is 16.4. The van der Waals surface area contributed by atoms with Crippen LogP contribution in [0.4, 0.5) is 13.2 Å². The second-order valence-electron chi connectivity index (χ2n) is 4.42. The van der Waals surface area contributed by atoms with Gasteiger partial charge in [-0.25, -0.2) is 0 Å². The van der Waals surface area contributed by atoms with E-state index in [-0.39, 0.29) is 23.9 Å². The Morgan fingerprint density at radius 2 is 1.65 bits per heavy atom. The Morgan fingerprint density at radius 1 is 1.09 bits per heavy atom. The molecule has 2 aromatic rings. The van der Waals surface area contributed by atoms with Crippen molar-refractivity contribution in [1.29, 1.82) is 0 Å². The molecule has 0 heterocycles. The lowest BCUT2D eigenvalue weighted by Crippen LogP contribution is -2.17. The van der Waals surface area contributed by atoms with Crippen LogP contribution in [0.2, 0.25) is 0 Å². The first-order valence-corrected chi connectivity index (χ1v) is 8.12. The topological polar surface area (TPSA) is 55.5 Å². The van der Waals surface area contributed by atoms with Crippen molar-refractivity contribution >= 4 is 57.6 Å². The highest BCUT2D eigenvalue weighted by Gasteiger charge is 2.31. The molecule has 1 atom stereocenters. The molecule has 0 unspecified atom stereocenters. The minimum absolute atomic E-state index is 0. The van der Waals surface area contributed by atoms with Crippen LogP contribution in [-0.4, -0.2) is 11.5 Å². The zero-order valence-electron chi connectivity index (χ0n) is 11.3. The molecule has 0 saturated carbocycles. The van der Waals surface area contributed by atoms with Crippen molar-refractivity contribution in [1.82, 2.24) is 0 Å². The number of benzene rings is 2. The van der Waals surface area contributed by atoms with Crippen LogP contribution >= 0.6 is 57.6 Å². The molecule has 9 heteroatoms. The van der Waals surface area contributed by atoms with Gasteiger partial charge in [-0.15, -0.1) is 25.6 Å². The lowest BCUT2D eigenvalue weighted by molar-refractivity contribution is -0.274. The average Bonchev–Trinajstić information content (AvgIpc) is 2.41. The van der Waals surface area contributed by atoms with Crippen molar-refractivity contribution in [2.75, 3.05) is 0 Å². The SMILES string of the molecule is Cl.N[C@@H](c1ccc(OC(F)(F)F)cc1)c1cc(I)cc(I)c1O. The summed E-state index contributed by atoms with van der Waals surface area (Å²) in [4.78, 5) is 0. The van der Waals surface area contributed by atoms with Gasteiger partial charge in [0.1, 0.15) is 11.5 Å². The van der Waals surface area contributed by atoms with Crippen LogP contribution < -0.4 is 10.5 Å². The quantitative estimate of drug-likeness (QED) is 0.512. The third-order valence-corrected chi connectivity index (χ3v) is 4.31. The Bertz CT molecular complexity index is 681. The monoisotopic (exact) mass is 571 g/mol. The largest absolute Gasteiger partial charge is 0.573 e. The third-order valence-electron chi connectivity index (χ3n) is 2.87. The maximum Gasteiger partial charge on any atom is 0.573 e. The maximum absolute atomic E-state index is 12.1. The smallest absolute Gasteiger partial charge is 0.506 e. The van der Waals surface area contributed by atoms with Gasteiger partial charge in [-0.3, -0.25) is 0 Å². The van der Waals surface area contributed by atoms with Gasteiger partial charge < -0.3 is 15.6 Å². The molecular formula is C14H11ClF3I2NO2. The van der Waals surface area contributed by atoms with Crippen LogP contribution in [0.15, 0.2) is 36.4 Å². The van der Waals surface area contributed by atoms with Crippen LogP contribution in [0.5, 0.6) is 11.5 Å². The lowest BCUT2D eigenvalue weighted by atomic mass is 9.99. The van der Waals surface area contributed by atoms with Crippen LogP contribution in [0.25, 0.3) is 0 Å². The Morgan fingerprint density at radius 3 is 2.17 bits per heavy atom. The van der Waals surface area contributed by atoms with Gasteiger partial charge in [-0.2, -0.15) is 0 Å². The van der Waals surface area contributed by atoms with E-state index in [4.69, 9.17) is 5.73 Å². The predicted molar refractivity (Wildman–Crippen MR) is 99.9 cm³/mol. The first kappa shape index (κ1) is 20.6. The summed E-state index contributed by atoms with van der Waals surface area (Å²) in [6.07, 6.45) is -4.73. The molecule has 2 rings (SSSR count). The van der Waals surface area contributed by atoms with Crippen molar-refractivity contribution < 1.29 is 23.0 Å². The minimum Gasteiger partial charge on any atom is -0.506 e. The van der Waals surface area contributed by atoms with E-state index < -0.39 is 12.4 Å². The summed E-state index contributed by atoms with van der Waals surface area (Å²) in [5.74, 6) is -0.242.